The zero-order chi connectivity index (χ0) is 13.1. The number of benzene rings is 1. The molecule has 2 rings (SSSR count). The molecule has 0 N–H and O–H groups in total. The standard InChI is InChI=1S/C15H16O2S/c1-4-17-15(16)13-10(2)14(18-11(13)3)12-8-6-5-7-9-12/h5-9H,4H2,1-3H3. The van der Waals surface area contributed by atoms with E-state index in [0.29, 0.717) is 6.61 Å². The molecular weight excluding hydrogens is 244 g/mol. The van der Waals surface area contributed by atoms with Crippen LogP contribution in [0.2, 0.25) is 0 Å². The molecule has 2 nitrogen and oxygen atoms in total. The molecule has 0 radical (unpaired) electrons. The highest BCUT2D eigenvalue weighted by molar-refractivity contribution is 7.16. The Hall–Kier alpha value is -1.61. The molecule has 0 atom stereocenters. The van der Waals surface area contributed by atoms with Crippen LogP contribution in [0.4, 0.5) is 0 Å². The topological polar surface area (TPSA) is 26.3 Å². The summed E-state index contributed by atoms with van der Waals surface area (Å²) in [7, 11) is 0. The molecular formula is C15H16O2S. The van der Waals surface area contributed by atoms with E-state index in [-0.39, 0.29) is 5.97 Å². The van der Waals surface area contributed by atoms with Crippen LogP contribution < -0.4 is 0 Å². The summed E-state index contributed by atoms with van der Waals surface area (Å²) < 4.78 is 5.11. The Kier molecular flexibility index (Phi) is 3.82. The second-order valence-corrected chi connectivity index (χ2v) is 5.30. The van der Waals surface area contributed by atoms with Crippen molar-refractivity contribution in [2.45, 2.75) is 20.8 Å². The number of rotatable bonds is 3. The molecule has 0 aliphatic carbocycles. The summed E-state index contributed by atoms with van der Waals surface area (Å²) in [6.45, 7) is 6.19. The van der Waals surface area contributed by atoms with Gasteiger partial charge < -0.3 is 4.74 Å². The van der Waals surface area contributed by atoms with E-state index in [2.05, 4.69) is 12.1 Å². The van der Waals surface area contributed by atoms with Crippen molar-refractivity contribution in [3.63, 3.8) is 0 Å². The van der Waals surface area contributed by atoms with Crippen molar-refractivity contribution in [2.75, 3.05) is 6.61 Å². The van der Waals surface area contributed by atoms with Gasteiger partial charge in [0.05, 0.1) is 12.2 Å². The Balaban J connectivity index is 2.47. The third-order valence-electron chi connectivity index (χ3n) is 2.84. The molecule has 1 heterocycles. The lowest BCUT2D eigenvalue weighted by atomic mass is 10.1. The maximum atomic E-state index is 11.9. The molecule has 94 valence electrons. The first-order valence-electron chi connectivity index (χ1n) is 5.97. The summed E-state index contributed by atoms with van der Waals surface area (Å²) in [5.74, 6) is -0.217. The molecule has 0 unspecified atom stereocenters. The SMILES string of the molecule is CCOC(=O)c1c(C)sc(-c2ccccc2)c1C. The van der Waals surface area contributed by atoms with Crippen LogP contribution in [0.25, 0.3) is 10.4 Å². The largest absolute Gasteiger partial charge is 0.462 e. The Morgan fingerprint density at radius 3 is 2.50 bits per heavy atom. The zero-order valence-electron chi connectivity index (χ0n) is 10.8. The van der Waals surface area contributed by atoms with Gasteiger partial charge in [-0.3, -0.25) is 0 Å². The highest BCUT2D eigenvalue weighted by Crippen LogP contribution is 2.36. The van der Waals surface area contributed by atoms with Crippen molar-refractivity contribution in [3.05, 3.63) is 46.3 Å². The first-order chi connectivity index (χ1) is 8.65. The fourth-order valence-corrected chi connectivity index (χ4v) is 3.18. The molecule has 1 aromatic carbocycles. The van der Waals surface area contributed by atoms with Crippen LogP contribution in [0.15, 0.2) is 30.3 Å². The van der Waals surface area contributed by atoms with Gasteiger partial charge in [-0.15, -0.1) is 11.3 Å². The normalized spacial score (nSPS) is 10.4. The van der Waals surface area contributed by atoms with Gasteiger partial charge in [0.25, 0.3) is 0 Å². The van der Waals surface area contributed by atoms with E-state index in [0.717, 1.165) is 26.4 Å². The number of ether oxygens (including phenoxy) is 1. The van der Waals surface area contributed by atoms with Crippen LogP contribution in [0, 0.1) is 13.8 Å². The zero-order valence-corrected chi connectivity index (χ0v) is 11.6. The second-order valence-electron chi connectivity index (χ2n) is 4.07. The van der Waals surface area contributed by atoms with Crippen LogP contribution in [0.5, 0.6) is 0 Å². The highest BCUT2D eigenvalue weighted by atomic mass is 32.1. The third kappa shape index (κ3) is 2.31. The van der Waals surface area contributed by atoms with E-state index < -0.39 is 0 Å². The van der Waals surface area contributed by atoms with Crippen molar-refractivity contribution in [1.82, 2.24) is 0 Å². The van der Waals surface area contributed by atoms with Gasteiger partial charge in [-0.25, -0.2) is 4.79 Å². The smallest absolute Gasteiger partial charge is 0.339 e. The Morgan fingerprint density at radius 2 is 1.89 bits per heavy atom. The van der Waals surface area contributed by atoms with Gasteiger partial charge in [0.2, 0.25) is 0 Å². The van der Waals surface area contributed by atoms with Gasteiger partial charge >= 0.3 is 5.97 Å². The van der Waals surface area contributed by atoms with E-state index in [1.54, 1.807) is 11.3 Å². The van der Waals surface area contributed by atoms with Crippen molar-refractivity contribution in [3.8, 4) is 10.4 Å². The molecule has 0 aliphatic heterocycles. The van der Waals surface area contributed by atoms with Gasteiger partial charge in [-0.05, 0) is 31.9 Å². The molecule has 0 aliphatic rings. The molecule has 0 amide bonds. The van der Waals surface area contributed by atoms with Crippen LogP contribution in [-0.2, 0) is 4.74 Å². The van der Waals surface area contributed by atoms with Gasteiger partial charge in [-0.1, -0.05) is 30.3 Å². The van der Waals surface area contributed by atoms with Crippen LogP contribution in [0.1, 0.15) is 27.7 Å². The average Bonchev–Trinajstić information content (AvgIpc) is 2.66. The minimum absolute atomic E-state index is 0.217. The first kappa shape index (κ1) is 12.8. The van der Waals surface area contributed by atoms with Gasteiger partial charge in [-0.2, -0.15) is 0 Å². The predicted molar refractivity (Wildman–Crippen MR) is 75.2 cm³/mol. The number of carbonyl (C=O) groups excluding carboxylic acids is 1. The van der Waals surface area contributed by atoms with Crippen molar-refractivity contribution >= 4 is 17.3 Å². The van der Waals surface area contributed by atoms with E-state index in [1.165, 1.54) is 0 Å². The first-order valence-corrected chi connectivity index (χ1v) is 6.79. The number of aryl methyl sites for hydroxylation is 1. The summed E-state index contributed by atoms with van der Waals surface area (Å²) in [5.41, 5.74) is 2.89. The Labute approximate surface area is 111 Å². The van der Waals surface area contributed by atoms with Crippen LogP contribution in [-0.4, -0.2) is 12.6 Å². The van der Waals surface area contributed by atoms with E-state index in [9.17, 15) is 4.79 Å². The molecule has 0 spiro atoms. The molecule has 0 saturated heterocycles. The molecule has 0 saturated carbocycles. The van der Waals surface area contributed by atoms with E-state index >= 15 is 0 Å². The quantitative estimate of drug-likeness (QED) is 0.773. The maximum Gasteiger partial charge on any atom is 0.339 e. The number of esters is 1. The van der Waals surface area contributed by atoms with Crippen molar-refractivity contribution < 1.29 is 9.53 Å². The number of hydrogen-bond donors (Lipinski definition) is 0. The summed E-state index contributed by atoms with van der Waals surface area (Å²) in [6.07, 6.45) is 0. The summed E-state index contributed by atoms with van der Waals surface area (Å²) in [5, 5.41) is 0. The molecule has 3 heteroatoms. The fraction of sp³-hybridized carbons (Fsp3) is 0.267. The molecule has 18 heavy (non-hydrogen) atoms. The Bertz CT molecular complexity index is 555. The van der Waals surface area contributed by atoms with Gasteiger partial charge in [0.15, 0.2) is 0 Å². The summed E-state index contributed by atoms with van der Waals surface area (Å²) in [4.78, 5) is 14.1. The minimum atomic E-state index is -0.217. The van der Waals surface area contributed by atoms with E-state index in [1.807, 2.05) is 39.0 Å². The van der Waals surface area contributed by atoms with E-state index in [4.69, 9.17) is 4.74 Å². The molecule has 0 bridgehead atoms. The molecule has 1 aromatic heterocycles. The predicted octanol–water partition coefficient (Wildman–Crippen LogP) is 4.21. The lowest BCUT2D eigenvalue weighted by molar-refractivity contribution is 0.0525. The molecule has 0 fully saturated rings. The number of hydrogen-bond acceptors (Lipinski definition) is 3. The van der Waals surface area contributed by atoms with Gasteiger partial charge in [0, 0.05) is 9.75 Å². The van der Waals surface area contributed by atoms with Crippen LogP contribution >= 0.6 is 11.3 Å². The van der Waals surface area contributed by atoms with Crippen molar-refractivity contribution in [1.29, 1.82) is 0 Å². The monoisotopic (exact) mass is 260 g/mol. The highest BCUT2D eigenvalue weighted by Gasteiger charge is 2.20. The number of thiophene rings is 1. The minimum Gasteiger partial charge on any atom is -0.462 e. The fourth-order valence-electron chi connectivity index (χ4n) is 2.02. The summed E-state index contributed by atoms with van der Waals surface area (Å²) in [6, 6.07) is 10.1. The second kappa shape index (κ2) is 5.36. The lowest BCUT2D eigenvalue weighted by Crippen LogP contribution is -2.06. The lowest BCUT2D eigenvalue weighted by Gasteiger charge is -2.03. The van der Waals surface area contributed by atoms with Gasteiger partial charge in [0.1, 0.15) is 0 Å². The maximum absolute atomic E-state index is 11.9. The third-order valence-corrected chi connectivity index (χ3v) is 4.09. The van der Waals surface area contributed by atoms with Crippen molar-refractivity contribution in [2.24, 2.45) is 0 Å². The summed E-state index contributed by atoms with van der Waals surface area (Å²) >= 11 is 1.65. The van der Waals surface area contributed by atoms with Crippen LogP contribution in [0.3, 0.4) is 0 Å². The Morgan fingerprint density at radius 1 is 1.22 bits per heavy atom. The number of carbonyl (C=O) groups is 1. The molecule has 2 aromatic rings. The average molecular weight is 260 g/mol.